The first-order valence-electron chi connectivity index (χ1n) is 8.47. The predicted molar refractivity (Wildman–Crippen MR) is 94.1 cm³/mol. The number of benzene rings is 1. The molecule has 0 radical (unpaired) electrons. The summed E-state index contributed by atoms with van der Waals surface area (Å²) in [7, 11) is 3.94. The van der Waals surface area contributed by atoms with Gasteiger partial charge in [0, 0.05) is 32.4 Å². The largest absolute Gasteiger partial charge is 0.454 e. The van der Waals surface area contributed by atoms with Gasteiger partial charge >= 0.3 is 0 Å². The number of hydrogen-bond donors (Lipinski definition) is 0. The van der Waals surface area contributed by atoms with Gasteiger partial charge in [0.2, 0.25) is 6.79 Å². The zero-order chi connectivity index (χ0) is 17.4. The van der Waals surface area contributed by atoms with Crippen LogP contribution in [0.15, 0.2) is 36.5 Å². The number of fused-ring (bicyclic) bond motifs is 1. The number of anilines is 1. The first kappa shape index (κ1) is 15.7. The third-order valence-electron chi connectivity index (χ3n) is 4.75. The van der Waals surface area contributed by atoms with Crippen molar-refractivity contribution in [3.63, 3.8) is 0 Å². The van der Waals surface area contributed by atoms with Gasteiger partial charge in [0.25, 0.3) is 5.91 Å². The van der Waals surface area contributed by atoms with E-state index in [1.165, 1.54) is 0 Å². The molecule has 1 fully saturated rings. The van der Waals surface area contributed by atoms with Crippen LogP contribution in [0.1, 0.15) is 34.8 Å². The second-order valence-electron chi connectivity index (χ2n) is 6.57. The van der Waals surface area contributed by atoms with Crippen LogP contribution in [-0.2, 0) is 0 Å². The lowest BCUT2D eigenvalue weighted by Crippen LogP contribution is -2.30. The summed E-state index contributed by atoms with van der Waals surface area (Å²) < 4.78 is 10.7. The molecule has 6 heteroatoms. The number of pyridine rings is 1. The maximum absolute atomic E-state index is 13.1. The molecule has 2 aliphatic rings. The van der Waals surface area contributed by atoms with Crippen molar-refractivity contribution < 1.29 is 14.3 Å². The summed E-state index contributed by atoms with van der Waals surface area (Å²) in [5.41, 5.74) is 1.77. The van der Waals surface area contributed by atoms with Gasteiger partial charge in [-0.25, -0.2) is 4.98 Å². The summed E-state index contributed by atoms with van der Waals surface area (Å²) in [6, 6.07) is 9.54. The maximum Gasteiger partial charge on any atom is 0.254 e. The van der Waals surface area contributed by atoms with Crippen molar-refractivity contribution in [2.24, 2.45) is 0 Å². The molecule has 3 heterocycles. The molecule has 2 aromatic rings. The van der Waals surface area contributed by atoms with Crippen molar-refractivity contribution in [1.29, 1.82) is 0 Å². The molecule has 0 bridgehead atoms. The van der Waals surface area contributed by atoms with Gasteiger partial charge < -0.3 is 19.3 Å². The molecule has 0 unspecified atom stereocenters. The third kappa shape index (κ3) is 2.88. The van der Waals surface area contributed by atoms with Crippen molar-refractivity contribution >= 4 is 11.7 Å². The molecule has 1 atom stereocenters. The monoisotopic (exact) mass is 339 g/mol. The fourth-order valence-electron chi connectivity index (χ4n) is 3.44. The number of rotatable bonds is 3. The Morgan fingerprint density at radius 3 is 2.88 bits per heavy atom. The van der Waals surface area contributed by atoms with E-state index in [2.05, 4.69) is 11.1 Å². The van der Waals surface area contributed by atoms with Crippen LogP contribution in [0.4, 0.5) is 5.82 Å². The molecule has 1 aromatic carbocycles. The molecule has 0 N–H and O–H groups in total. The highest BCUT2D eigenvalue weighted by Crippen LogP contribution is 2.36. The van der Waals surface area contributed by atoms with Crippen molar-refractivity contribution in [1.82, 2.24) is 9.88 Å². The highest BCUT2D eigenvalue weighted by atomic mass is 16.7. The number of amides is 1. The highest BCUT2D eigenvalue weighted by molar-refractivity contribution is 5.95. The molecular weight excluding hydrogens is 318 g/mol. The molecule has 0 aliphatic carbocycles. The van der Waals surface area contributed by atoms with Crippen LogP contribution in [0, 0.1) is 0 Å². The Balaban J connectivity index is 1.61. The van der Waals surface area contributed by atoms with E-state index >= 15 is 0 Å². The Hall–Kier alpha value is -2.76. The average molecular weight is 339 g/mol. The first-order valence-corrected chi connectivity index (χ1v) is 8.47. The number of likely N-dealkylation sites (tertiary alicyclic amines) is 1. The lowest BCUT2D eigenvalue weighted by molar-refractivity contribution is 0.0735. The second-order valence-corrected chi connectivity index (χ2v) is 6.57. The van der Waals surface area contributed by atoms with E-state index in [4.69, 9.17) is 9.47 Å². The summed E-state index contributed by atoms with van der Waals surface area (Å²) in [5, 5.41) is 0. The van der Waals surface area contributed by atoms with Crippen LogP contribution in [0.5, 0.6) is 11.5 Å². The maximum atomic E-state index is 13.1. The number of ether oxygens (including phenoxy) is 2. The van der Waals surface area contributed by atoms with E-state index in [0.29, 0.717) is 17.1 Å². The van der Waals surface area contributed by atoms with Gasteiger partial charge in [-0.1, -0.05) is 0 Å². The first-order chi connectivity index (χ1) is 12.1. The fraction of sp³-hybridized carbons (Fsp3) is 0.368. The summed E-state index contributed by atoms with van der Waals surface area (Å²) in [6.07, 6.45) is 3.78. The minimum absolute atomic E-state index is 0.0315. The molecule has 25 heavy (non-hydrogen) atoms. The highest BCUT2D eigenvalue weighted by Gasteiger charge is 2.31. The van der Waals surface area contributed by atoms with E-state index in [-0.39, 0.29) is 18.7 Å². The zero-order valence-corrected chi connectivity index (χ0v) is 14.4. The molecule has 1 amide bonds. The topological polar surface area (TPSA) is 54.9 Å². The van der Waals surface area contributed by atoms with Crippen LogP contribution in [0.25, 0.3) is 0 Å². The number of carbonyl (C=O) groups excluding carboxylic acids is 1. The Kier molecular flexibility index (Phi) is 3.95. The molecule has 0 saturated carbocycles. The van der Waals surface area contributed by atoms with Crippen LogP contribution in [0.3, 0.4) is 0 Å². The fourth-order valence-corrected chi connectivity index (χ4v) is 3.44. The summed E-state index contributed by atoms with van der Waals surface area (Å²) in [5.74, 6) is 2.27. The van der Waals surface area contributed by atoms with E-state index in [0.717, 1.165) is 30.8 Å². The smallest absolute Gasteiger partial charge is 0.254 e. The van der Waals surface area contributed by atoms with E-state index in [9.17, 15) is 4.79 Å². The zero-order valence-electron chi connectivity index (χ0n) is 14.4. The van der Waals surface area contributed by atoms with Crippen LogP contribution >= 0.6 is 0 Å². The van der Waals surface area contributed by atoms with Gasteiger partial charge in [0.1, 0.15) is 5.82 Å². The summed E-state index contributed by atoms with van der Waals surface area (Å²) in [6.45, 7) is 0.973. The van der Waals surface area contributed by atoms with Crippen molar-refractivity contribution in [2.45, 2.75) is 18.9 Å². The van der Waals surface area contributed by atoms with Gasteiger partial charge in [-0.2, -0.15) is 0 Å². The van der Waals surface area contributed by atoms with E-state index < -0.39 is 0 Å². The Morgan fingerprint density at radius 1 is 1.20 bits per heavy atom. The van der Waals surface area contributed by atoms with Gasteiger partial charge in [0.15, 0.2) is 11.5 Å². The normalized spacial score (nSPS) is 18.5. The molecule has 130 valence electrons. The quantitative estimate of drug-likeness (QED) is 0.861. The van der Waals surface area contributed by atoms with Gasteiger partial charge in [0.05, 0.1) is 6.04 Å². The minimum Gasteiger partial charge on any atom is -0.454 e. The molecule has 2 aliphatic heterocycles. The Bertz CT molecular complexity index is 806. The number of carbonyl (C=O) groups is 1. The Labute approximate surface area is 147 Å². The van der Waals surface area contributed by atoms with E-state index in [1.54, 1.807) is 12.1 Å². The SMILES string of the molecule is CN(C)c1cc([C@H]2CCCN2C(=O)c2ccc3c(c2)OCO3)ccn1. The number of aromatic nitrogens is 1. The van der Waals surface area contributed by atoms with Crippen LogP contribution < -0.4 is 14.4 Å². The van der Waals surface area contributed by atoms with E-state index in [1.807, 2.05) is 42.2 Å². The number of hydrogen-bond acceptors (Lipinski definition) is 5. The van der Waals surface area contributed by atoms with Gasteiger partial charge in [-0.3, -0.25) is 4.79 Å². The van der Waals surface area contributed by atoms with Gasteiger partial charge in [-0.15, -0.1) is 0 Å². The molecule has 6 nitrogen and oxygen atoms in total. The van der Waals surface area contributed by atoms with Crippen molar-refractivity contribution in [3.8, 4) is 11.5 Å². The standard InChI is InChI=1S/C19H21N3O3/c1-21(2)18-11-13(7-8-20-18)15-4-3-9-22(15)19(23)14-5-6-16-17(10-14)25-12-24-16/h5-8,10-11,15H,3-4,9,12H2,1-2H3/t15-/m1/s1. The van der Waals surface area contributed by atoms with Crippen molar-refractivity contribution in [3.05, 3.63) is 47.7 Å². The predicted octanol–water partition coefficient (Wildman–Crippen LogP) is 2.85. The molecular formula is C19H21N3O3. The van der Waals surface area contributed by atoms with Gasteiger partial charge in [-0.05, 0) is 48.7 Å². The molecule has 1 saturated heterocycles. The molecule has 0 spiro atoms. The Morgan fingerprint density at radius 2 is 2.04 bits per heavy atom. The lowest BCUT2D eigenvalue weighted by atomic mass is 10.0. The third-order valence-corrected chi connectivity index (χ3v) is 4.75. The van der Waals surface area contributed by atoms with Crippen molar-refractivity contribution in [2.75, 3.05) is 32.3 Å². The molecule has 1 aromatic heterocycles. The average Bonchev–Trinajstić information content (AvgIpc) is 3.29. The summed E-state index contributed by atoms with van der Waals surface area (Å²) >= 11 is 0. The van der Waals surface area contributed by atoms with Crippen LogP contribution in [0.2, 0.25) is 0 Å². The molecule has 4 rings (SSSR count). The second kappa shape index (κ2) is 6.27. The minimum atomic E-state index is 0.0315. The lowest BCUT2D eigenvalue weighted by Gasteiger charge is -2.26. The van der Waals surface area contributed by atoms with Crippen LogP contribution in [-0.4, -0.2) is 43.2 Å². The summed E-state index contributed by atoms with van der Waals surface area (Å²) in [4.78, 5) is 21.3. The number of nitrogens with zero attached hydrogens (tertiary/aromatic N) is 3.